The minimum atomic E-state index is -0.644. The summed E-state index contributed by atoms with van der Waals surface area (Å²) < 4.78 is 5.56. The number of carbonyl (C=O) groups excluding carboxylic acids is 1. The van der Waals surface area contributed by atoms with E-state index in [2.05, 4.69) is 0 Å². The average Bonchev–Trinajstić information content (AvgIpc) is 2.41. The molecule has 7 heteroatoms. The van der Waals surface area contributed by atoms with E-state index in [-0.39, 0.29) is 28.0 Å². The molecular weight excluding hydrogens is 377 g/mol. The SMILES string of the molecule is O=C(Cl)c1cc(Cl)c(OCc2ccc(Cl)c(Cl)c2)c(Cl)c1. The molecule has 0 heterocycles. The van der Waals surface area contributed by atoms with E-state index in [0.29, 0.717) is 10.0 Å². The molecule has 0 aliphatic heterocycles. The Labute approximate surface area is 146 Å². The first kappa shape index (κ1) is 16.7. The number of hydrogen-bond acceptors (Lipinski definition) is 2. The zero-order chi connectivity index (χ0) is 15.6. The van der Waals surface area contributed by atoms with Crippen molar-refractivity contribution in [1.29, 1.82) is 0 Å². The Kier molecular flexibility index (Phi) is 5.64. The maximum atomic E-state index is 11.1. The van der Waals surface area contributed by atoms with E-state index in [1.165, 1.54) is 12.1 Å². The van der Waals surface area contributed by atoms with Crippen LogP contribution in [0.3, 0.4) is 0 Å². The molecule has 2 rings (SSSR count). The molecule has 0 unspecified atom stereocenters. The van der Waals surface area contributed by atoms with E-state index < -0.39 is 5.24 Å². The molecule has 0 saturated heterocycles. The van der Waals surface area contributed by atoms with Crippen LogP contribution in [0.1, 0.15) is 15.9 Å². The summed E-state index contributed by atoms with van der Waals surface area (Å²) in [7, 11) is 0. The third-order valence-electron chi connectivity index (χ3n) is 2.59. The van der Waals surface area contributed by atoms with Crippen LogP contribution in [0.25, 0.3) is 0 Å². The van der Waals surface area contributed by atoms with Crippen molar-refractivity contribution in [1.82, 2.24) is 0 Å². The zero-order valence-electron chi connectivity index (χ0n) is 10.3. The number of hydrogen-bond donors (Lipinski definition) is 0. The van der Waals surface area contributed by atoms with Crippen molar-refractivity contribution in [2.75, 3.05) is 0 Å². The van der Waals surface area contributed by atoms with Crippen molar-refractivity contribution in [3.63, 3.8) is 0 Å². The van der Waals surface area contributed by atoms with Crippen molar-refractivity contribution in [3.8, 4) is 5.75 Å². The molecular formula is C14H7Cl5O2. The van der Waals surface area contributed by atoms with E-state index >= 15 is 0 Å². The molecule has 0 atom stereocenters. The van der Waals surface area contributed by atoms with Crippen LogP contribution in [0.5, 0.6) is 5.75 Å². The van der Waals surface area contributed by atoms with Gasteiger partial charge in [-0.15, -0.1) is 0 Å². The van der Waals surface area contributed by atoms with Crippen LogP contribution in [0.2, 0.25) is 20.1 Å². The summed E-state index contributed by atoms with van der Waals surface area (Å²) in [5.74, 6) is 0.270. The molecule has 0 aromatic heterocycles. The number of benzene rings is 2. The van der Waals surface area contributed by atoms with Gasteiger partial charge in [0.2, 0.25) is 0 Å². The molecule has 0 aliphatic rings. The molecule has 110 valence electrons. The molecule has 0 radical (unpaired) electrons. The fourth-order valence-corrected chi connectivity index (χ4v) is 2.62. The normalized spacial score (nSPS) is 10.5. The van der Waals surface area contributed by atoms with E-state index in [0.717, 1.165) is 5.56 Å². The summed E-state index contributed by atoms with van der Waals surface area (Å²) in [5.41, 5.74) is 1.00. The molecule has 0 aliphatic carbocycles. The first-order chi connectivity index (χ1) is 9.88. The Morgan fingerprint density at radius 2 is 1.52 bits per heavy atom. The summed E-state index contributed by atoms with van der Waals surface area (Å²) in [6.45, 7) is 0.199. The van der Waals surface area contributed by atoms with Crippen LogP contribution in [-0.4, -0.2) is 5.24 Å². The standard InChI is InChI=1S/C14H7Cl5O2/c15-9-2-1-7(3-10(9)16)6-21-13-11(17)4-8(14(19)20)5-12(13)18/h1-5H,6H2. The first-order valence-corrected chi connectivity index (χ1v) is 7.53. The highest BCUT2D eigenvalue weighted by atomic mass is 35.5. The van der Waals surface area contributed by atoms with Crippen molar-refractivity contribution < 1.29 is 9.53 Å². The molecule has 2 aromatic rings. The van der Waals surface area contributed by atoms with Gasteiger partial charge in [0.15, 0.2) is 5.75 Å². The summed E-state index contributed by atoms with van der Waals surface area (Å²) in [4.78, 5) is 11.1. The summed E-state index contributed by atoms with van der Waals surface area (Å²) >= 11 is 29.2. The van der Waals surface area contributed by atoms with Crippen LogP contribution in [0.15, 0.2) is 30.3 Å². The second-order valence-corrected chi connectivity index (χ2v) is 6.05. The number of ether oxygens (including phenoxy) is 1. The third-order valence-corrected chi connectivity index (χ3v) is 4.11. The van der Waals surface area contributed by atoms with Gasteiger partial charge in [0.1, 0.15) is 6.61 Å². The Hall–Kier alpha value is -0.640. The smallest absolute Gasteiger partial charge is 0.252 e. The lowest BCUT2D eigenvalue weighted by Crippen LogP contribution is -1.98. The highest BCUT2D eigenvalue weighted by Gasteiger charge is 2.13. The predicted octanol–water partition coefficient (Wildman–Crippen LogP) is 6.26. The van der Waals surface area contributed by atoms with Gasteiger partial charge >= 0.3 is 0 Å². The van der Waals surface area contributed by atoms with Crippen molar-refractivity contribution >= 4 is 63.2 Å². The van der Waals surface area contributed by atoms with Gasteiger partial charge in [0.25, 0.3) is 5.24 Å². The Balaban J connectivity index is 2.20. The van der Waals surface area contributed by atoms with E-state index in [1.54, 1.807) is 18.2 Å². The Bertz CT molecular complexity index is 677. The van der Waals surface area contributed by atoms with Crippen molar-refractivity contribution in [2.24, 2.45) is 0 Å². The number of halogens is 5. The Morgan fingerprint density at radius 3 is 2.05 bits per heavy atom. The fourth-order valence-electron chi connectivity index (χ4n) is 1.60. The van der Waals surface area contributed by atoms with Gasteiger partial charge in [-0.05, 0) is 41.4 Å². The maximum Gasteiger partial charge on any atom is 0.252 e. The van der Waals surface area contributed by atoms with Gasteiger partial charge in [-0.3, -0.25) is 4.79 Å². The van der Waals surface area contributed by atoms with E-state index in [1.807, 2.05) is 0 Å². The zero-order valence-corrected chi connectivity index (χ0v) is 14.1. The largest absolute Gasteiger partial charge is 0.486 e. The molecule has 0 amide bonds. The average molecular weight is 384 g/mol. The lowest BCUT2D eigenvalue weighted by atomic mass is 10.2. The predicted molar refractivity (Wildman–Crippen MR) is 87.4 cm³/mol. The summed E-state index contributed by atoms with van der Waals surface area (Å²) in [6, 6.07) is 7.91. The lowest BCUT2D eigenvalue weighted by Gasteiger charge is -2.11. The van der Waals surface area contributed by atoms with Crippen LogP contribution in [-0.2, 0) is 6.61 Å². The van der Waals surface area contributed by atoms with E-state index in [4.69, 9.17) is 62.7 Å². The summed E-state index contributed by atoms with van der Waals surface area (Å²) in [6.07, 6.45) is 0. The van der Waals surface area contributed by atoms with Crippen LogP contribution < -0.4 is 4.74 Å². The van der Waals surface area contributed by atoms with Crippen LogP contribution in [0, 0.1) is 0 Å². The molecule has 21 heavy (non-hydrogen) atoms. The van der Waals surface area contributed by atoms with Gasteiger partial charge in [-0.25, -0.2) is 0 Å². The molecule has 0 saturated carbocycles. The molecule has 0 fully saturated rings. The lowest BCUT2D eigenvalue weighted by molar-refractivity contribution is 0.108. The highest BCUT2D eigenvalue weighted by Crippen LogP contribution is 2.35. The van der Waals surface area contributed by atoms with Gasteiger partial charge in [0.05, 0.1) is 20.1 Å². The number of carbonyl (C=O) groups is 1. The second kappa shape index (κ2) is 7.08. The third kappa shape index (κ3) is 4.18. The molecule has 0 bridgehead atoms. The minimum Gasteiger partial charge on any atom is -0.486 e. The monoisotopic (exact) mass is 382 g/mol. The second-order valence-electron chi connectivity index (χ2n) is 4.08. The van der Waals surface area contributed by atoms with Gasteiger partial charge in [-0.1, -0.05) is 52.5 Å². The fraction of sp³-hybridized carbons (Fsp3) is 0.0714. The summed E-state index contributed by atoms with van der Waals surface area (Å²) in [5, 5.41) is 0.646. The molecule has 0 spiro atoms. The quantitative estimate of drug-likeness (QED) is 0.582. The Morgan fingerprint density at radius 1 is 0.905 bits per heavy atom. The van der Waals surface area contributed by atoms with Gasteiger partial charge < -0.3 is 4.74 Å². The molecule has 2 nitrogen and oxygen atoms in total. The first-order valence-electron chi connectivity index (χ1n) is 5.64. The van der Waals surface area contributed by atoms with Gasteiger partial charge in [-0.2, -0.15) is 0 Å². The van der Waals surface area contributed by atoms with Crippen molar-refractivity contribution in [3.05, 3.63) is 61.5 Å². The van der Waals surface area contributed by atoms with E-state index in [9.17, 15) is 4.79 Å². The molecule has 2 aromatic carbocycles. The van der Waals surface area contributed by atoms with Crippen LogP contribution >= 0.6 is 58.0 Å². The van der Waals surface area contributed by atoms with Crippen LogP contribution in [0.4, 0.5) is 0 Å². The number of rotatable bonds is 4. The molecule has 0 N–H and O–H groups in total. The van der Waals surface area contributed by atoms with Gasteiger partial charge in [0, 0.05) is 5.56 Å². The highest BCUT2D eigenvalue weighted by molar-refractivity contribution is 6.68. The van der Waals surface area contributed by atoms with Crippen molar-refractivity contribution in [2.45, 2.75) is 6.61 Å². The minimum absolute atomic E-state index is 0.199. The maximum absolute atomic E-state index is 11.1. The topological polar surface area (TPSA) is 26.3 Å².